The molecular formula is C29H30N2O4S. The second-order valence-corrected chi connectivity index (χ2v) is 9.98. The monoisotopic (exact) mass is 502 g/mol. The highest BCUT2D eigenvalue weighted by atomic mass is 32.1. The van der Waals surface area contributed by atoms with Gasteiger partial charge in [0, 0.05) is 25.1 Å². The molecule has 6 nitrogen and oxygen atoms in total. The topological polar surface area (TPSA) is 60.9 Å². The molecule has 2 aromatic heterocycles. The fourth-order valence-corrected chi connectivity index (χ4v) is 5.50. The molecule has 1 aliphatic rings. The Kier molecular flexibility index (Phi) is 7.20. The molecule has 0 saturated carbocycles. The molecule has 3 heterocycles. The van der Waals surface area contributed by atoms with Gasteiger partial charge in [-0.1, -0.05) is 24.3 Å². The van der Waals surface area contributed by atoms with Gasteiger partial charge in [0.1, 0.15) is 0 Å². The van der Waals surface area contributed by atoms with Gasteiger partial charge in [0.2, 0.25) is 0 Å². The normalized spacial score (nSPS) is 15.2. The smallest absolute Gasteiger partial charge is 0.258 e. The van der Waals surface area contributed by atoms with Crippen LogP contribution in [0.5, 0.6) is 11.5 Å². The standard InChI is InChI=1S/C29H30N2O4S/c1-19-11-12-20-16-21(27(30-24(20)15-19)26-10-6-14-36-26)17-31(18-22-7-5-13-35-22)29(32)23-8-4-9-25(33-2)28(23)34-3/h4,6,8-12,14-16,22H,5,7,13,17-18H2,1-3H3/t22-/m0/s1. The van der Waals surface area contributed by atoms with E-state index in [1.807, 2.05) is 17.0 Å². The average molecular weight is 503 g/mol. The summed E-state index contributed by atoms with van der Waals surface area (Å²) in [6.07, 6.45) is 1.95. The third kappa shape index (κ3) is 4.94. The van der Waals surface area contributed by atoms with E-state index in [4.69, 9.17) is 19.2 Å². The third-order valence-corrected chi connectivity index (χ3v) is 7.41. The van der Waals surface area contributed by atoms with Gasteiger partial charge in [-0.3, -0.25) is 4.79 Å². The molecule has 0 aliphatic carbocycles. The Morgan fingerprint density at radius 3 is 2.75 bits per heavy atom. The molecule has 1 fully saturated rings. The maximum Gasteiger partial charge on any atom is 0.258 e. The Labute approximate surface area is 215 Å². The van der Waals surface area contributed by atoms with Crippen LogP contribution in [0.25, 0.3) is 21.5 Å². The molecule has 0 unspecified atom stereocenters. The van der Waals surface area contributed by atoms with Gasteiger partial charge in [0.25, 0.3) is 5.91 Å². The van der Waals surface area contributed by atoms with Crippen LogP contribution in [0, 0.1) is 6.92 Å². The van der Waals surface area contributed by atoms with Crippen molar-refractivity contribution in [2.45, 2.75) is 32.4 Å². The van der Waals surface area contributed by atoms with Crippen LogP contribution in [-0.2, 0) is 11.3 Å². The Morgan fingerprint density at radius 1 is 1.14 bits per heavy atom. The summed E-state index contributed by atoms with van der Waals surface area (Å²) in [5.74, 6) is 0.845. The van der Waals surface area contributed by atoms with Gasteiger partial charge in [-0.15, -0.1) is 11.3 Å². The number of hydrogen-bond acceptors (Lipinski definition) is 6. The number of pyridine rings is 1. The molecule has 36 heavy (non-hydrogen) atoms. The zero-order valence-electron chi connectivity index (χ0n) is 20.8. The number of rotatable bonds is 8. The first-order chi connectivity index (χ1) is 17.6. The minimum Gasteiger partial charge on any atom is -0.493 e. The summed E-state index contributed by atoms with van der Waals surface area (Å²) in [4.78, 5) is 22.0. The van der Waals surface area contributed by atoms with Crippen LogP contribution in [0.15, 0.2) is 60.0 Å². The van der Waals surface area contributed by atoms with E-state index in [9.17, 15) is 4.79 Å². The van der Waals surface area contributed by atoms with Gasteiger partial charge < -0.3 is 19.1 Å². The number of carbonyl (C=O) groups excluding carboxylic acids is 1. The molecule has 5 rings (SSSR count). The number of thiophene rings is 1. The van der Waals surface area contributed by atoms with Crippen LogP contribution < -0.4 is 9.47 Å². The number of carbonyl (C=O) groups is 1. The Balaban J connectivity index is 1.58. The van der Waals surface area contributed by atoms with E-state index in [2.05, 4.69) is 42.6 Å². The predicted molar refractivity (Wildman–Crippen MR) is 143 cm³/mol. The summed E-state index contributed by atoms with van der Waals surface area (Å²) in [6, 6.07) is 18.0. The zero-order chi connectivity index (χ0) is 25.1. The molecule has 1 atom stereocenters. The molecule has 186 valence electrons. The van der Waals surface area contributed by atoms with Gasteiger partial charge in [0.05, 0.1) is 42.0 Å². The molecule has 1 amide bonds. The van der Waals surface area contributed by atoms with E-state index in [-0.39, 0.29) is 12.0 Å². The Bertz CT molecular complexity index is 1360. The Hall–Kier alpha value is -3.42. The van der Waals surface area contributed by atoms with Crippen molar-refractivity contribution < 1.29 is 19.0 Å². The van der Waals surface area contributed by atoms with Crippen LogP contribution in [0.4, 0.5) is 0 Å². The quantitative estimate of drug-likeness (QED) is 0.291. The summed E-state index contributed by atoms with van der Waals surface area (Å²) in [6.45, 7) is 3.70. The van der Waals surface area contributed by atoms with Crippen molar-refractivity contribution in [1.82, 2.24) is 9.88 Å². The van der Waals surface area contributed by atoms with Crippen molar-refractivity contribution in [1.29, 1.82) is 0 Å². The molecule has 0 radical (unpaired) electrons. The summed E-state index contributed by atoms with van der Waals surface area (Å²) >= 11 is 1.65. The second kappa shape index (κ2) is 10.7. The van der Waals surface area contributed by atoms with Crippen LogP contribution in [-0.4, -0.2) is 49.3 Å². The highest BCUT2D eigenvalue weighted by Gasteiger charge is 2.28. The number of para-hydroxylation sites is 1. The van der Waals surface area contributed by atoms with Crippen molar-refractivity contribution in [3.05, 3.63) is 76.7 Å². The first kappa shape index (κ1) is 24.3. The van der Waals surface area contributed by atoms with E-state index in [1.54, 1.807) is 37.7 Å². The largest absolute Gasteiger partial charge is 0.493 e. The van der Waals surface area contributed by atoms with Gasteiger partial charge in [-0.25, -0.2) is 4.98 Å². The van der Waals surface area contributed by atoms with Crippen molar-refractivity contribution in [2.75, 3.05) is 27.4 Å². The zero-order valence-corrected chi connectivity index (χ0v) is 21.6. The van der Waals surface area contributed by atoms with Crippen LogP contribution in [0.2, 0.25) is 0 Å². The Morgan fingerprint density at radius 2 is 2.03 bits per heavy atom. The number of aromatic nitrogens is 1. The van der Waals surface area contributed by atoms with Crippen molar-refractivity contribution in [3.8, 4) is 22.1 Å². The lowest BCUT2D eigenvalue weighted by Gasteiger charge is -2.27. The molecule has 0 spiro atoms. The minimum absolute atomic E-state index is 0.00630. The number of ether oxygens (including phenoxy) is 3. The summed E-state index contributed by atoms with van der Waals surface area (Å²) in [5.41, 5.74) is 4.50. The maximum absolute atomic E-state index is 14.0. The number of amides is 1. The molecule has 0 bridgehead atoms. The van der Waals surface area contributed by atoms with Crippen molar-refractivity contribution in [3.63, 3.8) is 0 Å². The summed E-state index contributed by atoms with van der Waals surface area (Å²) in [7, 11) is 3.13. The van der Waals surface area contributed by atoms with Gasteiger partial charge in [0.15, 0.2) is 11.5 Å². The first-order valence-corrected chi connectivity index (χ1v) is 13.0. The summed E-state index contributed by atoms with van der Waals surface area (Å²) < 4.78 is 17.0. The van der Waals surface area contributed by atoms with E-state index < -0.39 is 0 Å². The molecular weight excluding hydrogens is 472 g/mol. The van der Waals surface area contributed by atoms with E-state index in [0.717, 1.165) is 46.5 Å². The molecule has 1 aliphatic heterocycles. The van der Waals surface area contributed by atoms with Crippen LogP contribution >= 0.6 is 11.3 Å². The molecule has 4 aromatic rings. The number of methoxy groups -OCH3 is 2. The number of benzene rings is 2. The van der Waals surface area contributed by atoms with E-state index in [0.29, 0.717) is 30.2 Å². The van der Waals surface area contributed by atoms with E-state index >= 15 is 0 Å². The van der Waals surface area contributed by atoms with Gasteiger partial charge >= 0.3 is 0 Å². The number of fused-ring (bicyclic) bond motifs is 1. The van der Waals surface area contributed by atoms with Crippen molar-refractivity contribution in [2.24, 2.45) is 0 Å². The lowest BCUT2D eigenvalue weighted by Crippen LogP contribution is -2.37. The van der Waals surface area contributed by atoms with Crippen molar-refractivity contribution >= 4 is 28.1 Å². The van der Waals surface area contributed by atoms with Crippen LogP contribution in [0.1, 0.15) is 34.3 Å². The maximum atomic E-state index is 14.0. The highest BCUT2D eigenvalue weighted by molar-refractivity contribution is 7.13. The minimum atomic E-state index is -0.123. The second-order valence-electron chi connectivity index (χ2n) is 9.03. The number of hydrogen-bond donors (Lipinski definition) is 0. The lowest BCUT2D eigenvalue weighted by molar-refractivity contribution is 0.0504. The molecule has 0 N–H and O–H groups in total. The molecule has 1 saturated heterocycles. The molecule has 7 heteroatoms. The van der Waals surface area contributed by atoms with E-state index in [1.165, 1.54) is 5.56 Å². The fraction of sp³-hybridized carbons (Fsp3) is 0.310. The highest BCUT2D eigenvalue weighted by Crippen LogP contribution is 2.34. The fourth-order valence-electron chi connectivity index (χ4n) is 4.75. The lowest BCUT2D eigenvalue weighted by atomic mass is 10.0. The SMILES string of the molecule is COc1cccc(C(=O)N(Cc2cc3ccc(C)cc3nc2-c2cccs2)C[C@@H]2CCCO2)c1OC. The average Bonchev–Trinajstić information content (AvgIpc) is 3.62. The summed E-state index contributed by atoms with van der Waals surface area (Å²) in [5, 5.41) is 3.11. The predicted octanol–water partition coefficient (Wildman–Crippen LogP) is 6.11. The number of nitrogens with zero attached hydrogens (tertiary/aromatic N) is 2. The van der Waals surface area contributed by atoms with Gasteiger partial charge in [-0.2, -0.15) is 0 Å². The first-order valence-electron chi connectivity index (χ1n) is 12.1. The number of aryl methyl sites for hydroxylation is 1. The third-order valence-electron chi connectivity index (χ3n) is 6.54. The molecule has 2 aromatic carbocycles. The van der Waals surface area contributed by atoms with Gasteiger partial charge in [-0.05, 0) is 66.6 Å². The van der Waals surface area contributed by atoms with Crippen LogP contribution in [0.3, 0.4) is 0 Å².